The maximum Gasteiger partial charge on any atom is 0.252 e. The molecule has 0 N–H and O–H groups in total. The van der Waals surface area contributed by atoms with Crippen LogP contribution in [0.4, 0.5) is 0 Å². The predicted octanol–water partition coefficient (Wildman–Crippen LogP) is 4.90. The number of hydrogen-bond acceptors (Lipinski definition) is 1. The van der Waals surface area contributed by atoms with Gasteiger partial charge in [0.25, 0.3) is 6.71 Å². The summed E-state index contributed by atoms with van der Waals surface area (Å²) in [6.07, 6.45) is 0. The molecular weight excluding hydrogens is 425 g/mol. The van der Waals surface area contributed by atoms with E-state index < -0.39 is 0 Å². The molecular formula is C31H16BN3. The zero-order valence-electron chi connectivity index (χ0n) is 18.7. The van der Waals surface area contributed by atoms with Gasteiger partial charge in [-0.3, -0.25) is 0 Å². The van der Waals surface area contributed by atoms with E-state index in [1.165, 1.54) is 66.0 Å². The summed E-state index contributed by atoms with van der Waals surface area (Å²) in [6.45, 7) is 0.0781. The standard InChI is InChI=1S/C31H16BN3/c33-17-18-15-22-20-8-2-5-11-26(20)35-28-14-13-21-19-7-1-4-10-25(19)34-27-12-6-3-9-23(27)32(29(28)31(21)34)24(16-18)30(22)35/h1-16H. The van der Waals surface area contributed by atoms with Gasteiger partial charge in [0.05, 0.1) is 28.2 Å². The van der Waals surface area contributed by atoms with Gasteiger partial charge in [-0.2, -0.15) is 5.26 Å². The fraction of sp³-hybridized carbons (Fsp3) is 0. The average Bonchev–Trinajstić information content (AvgIpc) is 3.44. The van der Waals surface area contributed by atoms with E-state index >= 15 is 0 Å². The first kappa shape index (κ1) is 17.7. The first-order chi connectivity index (χ1) is 17.3. The van der Waals surface area contributed by atoms with Crippen LogP contribution in [0.1, 0.15) is 5.56 Å². The van der Waals surface area contributed by atoms with E-state index in [0.29, 0.717) is 0 Å². The van der Waals surface area contributed by atoms with Gasteiger partial charge < -0.3 is 9.13 Å². The number of nitriles is 1. The minimum atomic E-state index is 0.0781. The Morgan fingerprint density at radius 1 is 0.571 bits per heavy atom. The largest absolute Gasteiger partial charge is 0.310 e. The van der Waals surface area contributed by atoms with Gasteiger partial charge in [-0.1, -0.05) is 60.7 Å². The first-order valence-corrected chi connectivity index (χ1v) is 12.0. The van der Waals surface area contributed by atoms with Crippen molar-refractivity contribution in [2.24, 2.45) is 0 Å². The van der Waals surface area contributed by atoms with E-state index in [0.717, 1.165) is 10.9 Å². The average molecular weight is 441 g/mol. The maximum absolute atomic E-state index is 9.98. The summed E-state index contributed by atoms with van der Waals surface area (Å²) in [5.41, 5.74) is 12.0. The van der Waals surface area contributed by atoms with E-state index in [2.05, 4.69) is 112 Å². The van der Waals surface area contributed by atoms with Crippen LogP contribution in [0.2, 0.25) is 0 Å². The molecule has 5 aromatic carbocycles. The molecule has 0 radical (unpaired) electrons. The van der Waals surface area contributed by atoms with Crippen molar-refractivity contribution in [2.75, 3.05) is 0 Å². The van der Waals surface area contributed by atoms with Crippen LogP contribution in [0.3, 0.4) is 0 Å². The molecule has 0 saturated heterocycles. The Morgan fingerprint density at radius 2 is 1.26 bits per heavy atom. The molecule has 2 aliphatic rings. The highest BCUT2D eigenvalue weighted by molar-refractivity contribution is 7.00. The molecule has 0 unspecified atom stereocenters. The molecule has 35 heavy (non-hydrogen) atoms. The number of aromatic nitrogens is 2. The maximum atomic E-state index is 9.98. The quantitative estimate of drug-likeness (QED) is 0.309. The van der Waals surface area contributed by atoms with Crippen LogP contribution < -0.4 is 16.4 Å². The molecule has 2 aromatic heterocycles. The highest BCUT2D eigenvalue weighted by Gasteiger charge is 2.40. The minimum absolute atomic E-state index is 0.0781. The van der Waals surface area contributed by atoms with Crippen molar-refractivity contribution in [3.05, 3.63) is 103 Å². The van der Waals surface area contributed by atoms with Crippen LogP contribution in [-0.2, 0) is 0 Å². The second-order valence-electron chi connectivity index (χ2n) is 9.66. The summed E-state index contributed by atoms with van der Waals surface area (Å²) in [5, 5.41) is 14.9. The molecule has 2 aliphatic heterocycles. The van der Waals surface area contributed by atoms with Crippen LogP contribution >= 0.6 is 0 Å². The Balaban J connectivity index is 1.62. The fourth-order valence-electron chi connectivity index (χ4n) is 6.88. The summed E-state index contributed by atoms with van der Waals surface area (Å²) >= 11 is 0. The highest BCUT2D eigenvalue weighted by atomic mass is 15.0. The summed E-state index contributed by atoms with van der Waals surface area (Å²) in [6, 6.07) is 37.3. The van der Waals surface area contributed by atoms with E-state index in [9.17, 15) is 5.26 Å². The van der Waals surface area contributed by atoms with Gasteiger partial charge in [0.1, 0.15) is 0 Å². The van der Waals surface area contributed by atoms with Crippen molar-refractivity contribution in [1.82, 2.24) is 9.13 Å². The Kier molecular flexibility index (Phi) is 2.95. The molecule has 0 bridgehead atoms. The van der Waals surface area contributed by atoms with Gasteiger partial charge in [0.15, 0.2) is 0 Å². The molecule has 0 amide bonds. The summed E-state index contributed by atoms with van der Waals surface area (Å²) < 4.78 is 4.89. The van der Waals surface area contributed by atoms with E-state index in [1.54, 1.807) is 0 Å². The lowest BCUT2D eigenvalue weighted by Gasteiger charge is -2.33. The number of rotatable bonds is 0. The monoisotopic (exact) mass is 441 g/mol. The molecule has 0 aliphatic carbocycles. The normalized spacial score (nSPS) is 13.1. The van der Waals surface area contributed by atoms with E-state index in [-0.39, 0.29) is 6.71 Å². The molecule has 0 spiro atoms. The third-order valence-electron chi connectivity index (χ3n) is 8.11. The lowest BCUT2D eigenvalue weighted by atomic mass is 9.34. The van der Waals surface area contributed by atoms with Gasteiger partial charge in [-0.25, -0.2) is 0 Å². The van der Waals surface area contributed by atoms with Crippen molar-refractivity contribution >= 4 is 66.7 Å². The number of para-hydroxylation sites is 3. The molecule has 3 nitrogen and oxygen atoms in total. The van der Waals surface area contributed by atoms with Crippen LogP contribution in [0.15, 0.2) is 97.1 Å². The fourth-order valence-corrected chi connectivity index (χ4v) is 6.88. The molecule has 158 valence electrons. The Morgan fingerprint density at radius 3 is 2.06 bits per heavy atom. The third-order valence-corrected chi connectivity index (χ3v) is 8.11. The molecule has 0 atom stereocenters. The van der Waals surface area contributed by atoms with Crippen LogP contribution in [0, 0.1) is 11.3 Å². The molecule has 4 heterocycles. The Labute approximate surface area is 201 Å². The summed E-state index contributed by atoms with van der Waals surface area (Å²) in [4.78, 5) is 0. The second kappa shape index (κ2) is 5.84. The number of benzene rings is 5. The summed E-state index contributed by atoms with van der Waals surface area (Å²) in [7, 11) is 0. The SMILES string of the molecule is N#Cc1cc2c3c(c1)c1ccccc1n3-c1ccc3c4ccccc4n4c3c1B2c1ccccc1-4. The second-order valence-corrected chi connectivity index (χ2v) is 9.66. The van der Waals surface area contributed by atoms with Gasteiger partial charge in [0, 0.05) is 38.4 Å². The summed E-state index contributed by atoms with van der Waals surface area (Å²) in [5.74, 6) is 0. The molecule has 0 fully saturated rings. The van der Waals surface area contributed by atoms with Crippen molar-refractivity contribution in [2.45, 2.75) is 0 Å². The Hall–Kier alpha value is -4.75. The minimum Gasteiger partial charge on any atom is -0.310 e. The molecule has 4 heteroatoms. The zero-order chi connectivity index (χ0) is 22.8. The molecule has 7 aromatic rings. The van der Waals surface area contributed by atoms with Gasteiger partial charge >= 0.3 is 0 Å². The van der Waals surface area contributed by atoms with E-state index in [1.807, 2.05) is 0 Å². The number of hydrogen-bond donors (Lipinski definition) is 0. The van der Waals surface area contributed by atoms with E-state index in [4.69, 9.17) is 0 Å². The van der Waals surface area contributed by atoms with Gasteiger partial charge in [-0.15, -0.1) is 0 Å². The number of nitrogens with zero attached hydrogens (tertiary/aromatic N) is 3. The highest BCUT2D eigenvalue weighted by Crippen LogP contribution is 2.39. The molecule has 9 rings (SSSR count). The van der Waals surface area contributed by atoms with Crippen LogP contribution in [0.25, 0.3) is 55.0 Å². The predicted molar refractivity (Wildman–Crippen MR) is 144 cm³/mol. The third kappa shape index (κ3) is 1.89. The van der Waals surface area contributed by atoms with Crippen molar-refractivity contribution in [3.8, 4) is 17.4 Å². The first-order valence-electron chi connectivity index (χ1n) is 12.0. The topological polar surface area (TPSA) is 33.6 Å². The van der Waals surface area contributed by atoms with Crippen LogP contribution in [-0.4, -0.2) is 15.8 Å². The van der Waals surface area contributed by atoms with Gasteiger partial charge in [0.2, 0.25) is 0 Å². The Bertz CT molecular complexity index is 2140. The number of fused-ring (bicyclic) bond motifs is 11. The van der Waals surface area contributed by atoms with Crippen molar-refractivity contribution in [3.63, 3.8) is 0 Å². The zero-order valence-corrected chi connectivity index (χ0v) is 18.7. The van der Waals surface area contributed by atoms with Crippen molar-refractivity contribution < 1.29 is 0 Å². The van der Waals surface area contributed by atoms with Crippen LogP contribution in [0.5, 0.6) is 0 Å². The lowest BCUT2D eigenvalue weighted by molar-refractivity contribution is 1.16. The van der Waals surface area contributed by atoms with Crippen molar-refractivity contribution in [1.29, 1.82) is 5.26 Å². The smallest absolute Gasteiger partial charge is 0.252 e. The van der Waals surface area contributed by atoms with Gasteiger partial charge in [-0.05, 0) is 52.8 Å². The molecule has 0 saturated carbocycles. The lowest BCUT2D eigenvalue weighted by Crippen LogP contribution is -2.59.